The Morgan fingerprint density at radius 2 is 1.91 bits per heavy atom. The highest BCUT2D eigenvalue weighted by Gasteiger charge is 2.04. The molecule has 0 radical (unpaired) electrons. The molecule has 1 rings (SSSR count). The molecule has 0 aliphatic rings. The Morgan fingerprint density at radius 3 is 2.36 bits per heavy atom. The number of thioether (sulfide) groups is 1. The number of hydrogen-bond acceptors (Lipinski definition) is 1. The summed E-state index contributed by atoms with van der Waals surface area (Å²) in [5.41, 5.74) is 1.45. The maximum absolute atomic E-state index is 2.23. The summed E-state index contributed by atoms with van der Waals surface area (Å²) in [6.07, 6.45) is 3.38. The third-order valence-corrected chi connectivity index (χ3v) is 3.00. The average Bonchev–Trinajstić information content (AvgIpc) is 2.09. The molecule has 0 spiro atoms. The van der Waals surface area contributed by atoms with E-state index in [0.717, 1.165) is 0 Å². The molecule has 1 aromatic carbocycles. The Bertz CT molecular complexity index is 189. The Balaban J connectivity index is 2.74. The summed E-state index contributed by atoms with van der Waals surface area (Å²) in [7, 11) is 0. The van der Waals surface area contributed by atoms with Crippen molar-refractivity contribution in [3.05, 3.63) is 35.9 Å². The molecule has 0 heterocycles. The van der Waals surface area contributed by atoms with Crippen molar-refractivity contribution in [3.8, 4) is 0 Å². The average molecular weight is 166 g/mol. The van der Waals surface area contributed by atoms with Gasteiger partial charge in [0, 0.05) is 5.25 Å². The molecule has 0 aliphatic carbocycles. The zero-order valence-electron chi connectivity index (χ0n) is 7.08. The molecule has 1 atom stereocenters. The highest BCUT2D eigenvalue weighted by Crippen LogP contribution is 2.28. The van der Waals surface area contributed by atoms with Gasteiger partial charge in [-0.2, -0.15) is 11.8 Å². The molecular formula is C10H14S. The maximum Gasteiger partial charge on any atom is 0.0291 e. The van der Waals surface area contributed by atoms with Crippen LogP contribution in [0.3, 0.4) is 0 Å². The summed E-state index contributed by atoms with van der Waals surface area (Å²) < 4.78 is 0. The van der Waals surface area contributed by atoms with Gasteiger partial charge >= 0.3 is 0 Å². The molecule has 0 N–H and O–H groups in total. The van der Waals surface area contributed by atoms with E-state index in [2.05, 4.69) is 43.5 Å². The summed E-state index contributed by atoms with van der Waals surface area (Å²) in [5.74, 6) is 0. The van der Waals surface area contributed by atoms with Crippen LogP contribution in [-0.2, 0) is 0 Å². The van der Waals surface area contributed by atoms with Crippen LogP contribution in [-0.4, -0.2) is 6.26 Å². The molecule has 0 amide bonds. The lowest BCUT2D eigenvalue weighted by molar-refractivity contribution is 0.898. The molecule has 0 saturated carbocycles. The molecule has 0 saturated heterocycles. The number of hydrogen-bond donors (Lipinski definition) is 0. The van der Waals surface area contributed by atoms with Gasteiger partial charge in [0.2, 0.25) is 0 Å². The zero-order valence-corrected chi connectivity index (χ0v) is 7.90. The first-order chi connectivity index (χ1) is 5.38. The maximum atomic E-state index is 2.23. The number of benzene rings is 1. The summed E-state index contributed by atoms with van der Waals surface area (Å²) in [6.45, 7) is 2.23. The smallest absolute Gasteiger partial charge is 0.0291 e. The standard InChI is InChI=1S/C10H14S/c1-3-10(11-2)9-7-5-4-6-8-9/h4-8,10H,3H2,1-2H3/t10-/m1/s1. The van der Waals surface area contributed by atoms with Crippen molar-refractivity contribution in [1.29, 1.82) is 0 Å². The van der Waals surface area contributed by atoms with Crippen molar-refractivity contribution < 1.29 is 0 Å². The first-order valence-corrected chi connectivity index (χ1v) is 5.25. The van der Waals surface area contributed by atoms with Gasteiger partial charge in [-0.05, 0) is 18.2 Å². The van der Waals surface area contributed by atoms with E-state index >= 15 is 0 Å². The van der Waals surface area contributed by atoms with Crippen LogP contribution in [0.25, 0.3) is 0 Å². The zero-order chi connectivity index (χ0) is 8.10. The van der Waals surface area contributed by atoms with Gasteiger partial charge in [0.25, 0.3) is 0 Å². The van der Waals surface area contributed by atoms with Gasteiger partial charge in [0.15, 0.2) is 0 Å². The normalized spacial score (nSPS) is 12.9. The van der Waals surface area contributed by atoms with E-state index in [1.54, 1.807) is 0 Å². The second-order valence-corrected chi connectivity index (χ2v) is 3.58. The predicted molar refractivity (Wildman–Crippen MR) is 53.0 cm³/mol. The van der Waals surface area contributed by atoms with Gasteiger partial charge in [-0.25, -0.2) is 0 Å². The molecule has 11 heavy (non-hydrogen) atoms. The van der Waals surface area contributed by atoms with Crippen LogP contribution in [0.1, 0.15) is 24.2 Å². The predicted octanol–water partition coefficient (Wildman–Crippen LogP) is 3.50. The Hall–Kier alpha value is -0.430. The lowest BCUT2D eigenvalue weighted by atomic mass is 10.1. The molecular weight excluding hydrogens is 152 g/mol. The molecule has 0 nitrogen and oxygen atoms in total. The Labute approximate surface area is 73.0 Å². The molecule has 0 fully saturated rings. The van der Waals surface area contributed by atoms with E-state index in [0.29, 0.717) is 5.25 Å². The molecule has 0 aliphatic heterocycles. The van der Waals surface area contributed by atoms with Crippen LogP contribution >= 0.6 is 11.8 Å². The molecule has 1 heteroatoms. The van der Waals surface area contributed by atoms with Crippen molar-refractivity contribution in [2.24, 2.45) is 0 Å². The van der Waals surface area contributed by atoms with Gasteiger partial charge in [0.1, 0.15) is 0 Å². The summed E-state index contributed by atoms with van der Waals surface area (Å²) in [6, 6.07) is 10.7. The van der Waals surface area contributed by atoms with E-state index in [9.17, 15) is 0 Å². The highest BCUT2D eigenvalue weighted by atomic mass is 32.2. The third kappa shape index (κ3) is 2.26. The first kappa shape index (κ1) is 8.66. The number of rotatable bonds is 3. The van der Waals surface area contributed by atoms with Crippen molar-refractivity contribution in [1.82, 2.24) is 0 Å². The van der Waals surface area contributed by atoms with Crippen LogP contribution in [0.5, 0.6) is 0 Å². The van der Waals surface area contributed by atoms with Gasteiger partial charge in [-0.3, -0.25) is 0 Å². The Morgan fingerprint density at radius 1 is 1.27 bits per heavy atom. The lowest BCUT2D eigenvalue weighted by Gasteiger charge is -2.10. The molecule has 0 unspecified atom stereocenters. The largest absolute Gasteiger partial charge is 0.157 e. The Kier molecular flexibility index (Phi) is 3.50. The second-order valence-electron chi connectivity index (χ2n) is 2.54. The van der Waals surface area contributed by atoms with Crippen LogP contribution in [0.4, 0.5) is 0 Å². The molecule has 0 aromatic heterocycles. The molecule has 60 valence electrons. The SMILES string of the molecule is CC[C@@H](SC)c1ccccc1. The van der Waals surface area contributed by atoms with Crippen LogP contribution in [0.15, 0.2) is 30.3 Å². The van der Waals surface area contributed by atoms with Crippen molar-refractivity contribution in [2.45, 2.75) is 18.6 Å². The molecule has 1 aromatic rings. The van der Waals surface area contributed by atoms with E-state index < -0.39 is 0 Å². The van der Waals surface area contributed by atoms with Crippen molar-refractivity contribution in [2.75, 3.05) is 6.26 Å². The summed E-state index contributed by atoms with van der Waals surface area (Å²) >= 11 is 1.92. The van der Waals surface area contributed by atoms with Crippen LogP contribution in [0.2, 0.25) is 0 Å². The summed E-state index contributed by atoms with van der Waals surface area (Å²) in [4.78, 5) is 0. The summed E-state index contributed by atoms with van der Waals surface area (Å²) in [5, 5.41) is 0.677. The monoisotopic (exact) mass is 166 g/mol. The minimum absolute atomic E-state index is 0.677. The van der Waals surface area contributed by atoms with Gasteiger partial charge in [-0.1, -0.05) is 37.3 Å². The van der Waals surface area contributed by atoms with Gasteiger partial charge in [-0.15, -0.1) is 0 Å². The van der Waals surface area contributed by atoms with E-state index in [-0.39, 0.29) is 0 Å². The fourth-order valence-electron chi connectivity index (χ4n) is 1.21. The molecule has 0 bridgehead atoms. The van der Waals surface area contributed by atoms with E-state index in [1.807, 2.05) is 11.8 Å². The minimum atomic E-state index is 0.677. The minimum Gasteiger partial charge on any atom is -0.157 e. The van der Waals surface area contributed by atoms with Gasteiger partial charge < -0.3 is 0 Å². The van der Waals surface area contributed by atoms with E-state index in [1.165, 1.54) is 12.0 Å². The quantitative estimate of drug-likeness (QED) is 0.662. The van der Waals surface area contributed by atoms with Crippen LogP contribution in [0, 0.1) is 0 Å². The third-order valence-electron chi connectivity index (χ3n) is 1.83. The topological polar surface area (TPSA) is 0 Å². The fraction of sp³-hybridized carbons (Fsp3) is 0.400. The van der Waals surface area contributed by atoms with Crippen LogP contribution < -0.4 is 0 Å². The van der Waals surface area contributed by atoms with Gasteiger partial charge in [0.05, 0.1) is 0 Å². The lowest BCUT2D eigenvalue weighted by Crippen LogP contribution is -1.89. The van der Waals surface area contributed by atoms with Crippen molar-refractivity contribution in [3.63, 3.8) is 0 Å². The fourth-order valence-corrected chi connectivity index (χ4v) is 1.97. The van der Waals surface area contributed by atoms with E-state index in [4.69, 9.17) is 0 Å². The second kappa shape index (κ2) is 4.45. The van der Waals surface area contributed by atoms with Crippen molar-refractivity contribution >= 4 is 11.8 Å². The first-order valence-electron chi connectivity index (χ1n) is 3.96. The highest BCUT2D eigenvalue weighted by molar-refractivity contribution is 7.98.